The number of benzene rings is 1. The largest absolute Gasteiger partial charge is 0.389 e. The van der Waals surface area contributed by atoms with Crippen molar-refractivity contribution in [2.75, 3.05) is 20.3 Å². The number of fused-ring (bicyclic) bond motifs is 1. The molecule has 0 saturated carbocycles. The van der Waals surface area contributed by atoms with Crippen molar-refractivity contribution in [2.24, 2.45) is 0 Å². The fourth-order valence-corrected chi connectivity index (χ4v) is 2.09. The monoisotopic (exact) mass is 294 g/mol. The summed E-state index contributed by atoms with van der Waals surface area (Å²) in [4.78, 5) is 16.0. The average Bonchev–Trinajstić information content (AvgIpc) is 2.45. The summed E-state index contributed by atoms with van der Waals surface area (Å²) in [6.07, 6.45) is -0.750. The van der Waals surface area contributed by atoms with E-state index in [2.05, 4.69) is 10.3 Å². The molecule has 106 valence electrons. The van der Waals surface area contributed by atoms with Crippen LogP contribution >= 0.6 is 11.6 Å². The minimum atomic E-state index is -0.750. The van der Waals surface area contributed by atoms with Gasteiger partial charge in [0.2, 0.25) is 0 Å². The second-order valence-corrected chi connectivity index (χ2v) is 4.70. The van der Waals surface area contributed by atoms with Gasteiger partial charge in [-0.05, 0) is 11.5 Å². The van der Waals surface area contributed by atoms with Crippen molar-refractivity contribution >= 4 is 28.3 Å². The molecule has 2 rings (SSSR count). The molecule has 0 radical (unpaired) electrons. The second kappa shape index (κ2) is 6.65. The Kier molecular flexibility index (Phi) is 4.89. The average molecular weight is 295 g/mol. The summed E-state index contributed by atoms with van der Waals surface area (Å²) < 4.78 is 4.78. The third kappa shape index (κ3) is 3.45. The van der Waals surface area contributed by atoms with Crippen LogP contribution in [0, 0.1) is 0 Å². The Balaban J connectivity index is 2.14. The number of ether oxygens (including phenoxy) is 1. The van der Waals surface area contributed by atoms with E-state index >= 15 is 0 Å². The van der Waals surface area contributed by atoms with Crippen LogP contribution in [0.3, 0.4) is 0 Å². The van der Waals surface area contributed by atoms with Gasteiger partial charge in [0.25, 0.3) is 5.91 Å². The first-order valence-electron chi connectivity index (χ1n) is 6.12. The van der Waals surface area contributed by atoms with Gasteiger partial charge < -0.3 is 15.2 Å². The zero-order valence-electron chi connectivity index (χ0n) is 11.0. The zero-order valence-corrected chi connectivity index (χ0v) is 11.7. The molecule has 0 aliphatic rings. The van der Waals surface area contributed by atoms with Gasteiger partial charge in [-0.15, -0.1) is 0 Å². The molecule has 1 amide bonds. The van der Waals surface area contributed by atoms with Crippen LogP contribution in [0.1, 0.15) is 10.5 Å². The number of aliphatic hydroxyl groups excluding tert-OH is 1. The second-order valence-electron chi connectivity index (χ2n) is 4.34. The van der Waals surface area contributed by atoms with E-state index in [4.69, 9.17) is 16.3 Å². The van der Waals surface area contributed by atoms with E-state index in [1.165, 1.54) is 7.11 Å². The number of halogens is 1. The van der Waals surface area contributed by atoms with E-state index in [-0.39, 0.29) is 29.9 Å². The van der Waals surface area contributed by atoms with E-state index in [0.29, 0.717) is 0 Å². The van der Waals surface area contributed by atoms with Crippen LogP contribution < -0.4 is 5.32 Å². The quantitative estimate of drug-likeness (QED) is 0.822. The van der Waals surface area contributed by atoms with Gasteiger partial charge >= 0.3 is 0 Å². The molecule has 0 aliphatic carbocycles. The number of hydrogen-bond acceptors (Lipinski definition) is 4. The molecule has 5 nitrogen and oxygen atoms in total. The fourth-order valence-electron chi connectivity index (χ4n) is 1.82. The molecule has 20 heavy (non-hydrogen) atoms. The first-order chi connectivity index (χ1) is 9.61. The van der Waals surface area contributed by atoms with Crippen molar-refractivity contribution in [3.63, 3.8) is 0 Å². The molecule has 1 heterocycles. The summed E-state index contributed by atoms with van der Waals surface area (Å²) in [5.74, 6) is -0.382. The molecule has 0 bridgehead atoms. The predicted molar refractivity (Wildman–Crippen MR) is 77.0 cm³/mol. The number of amides is 1. The first kappa shape index (κ1) is 14.7. The van der Waals surface area contributed by atoms with Crippen molar-refractivity contribution in [1.29, 1.82) is 0 Å². The molecule has 6 heteroatoms. The van der Waals surface area contributed by atoms with Crippen LogP contribution in [0.15, 0.2) is 30.3 Å². The van der Waals surface area contributed by atoms with Gasteiger partial charge in [-0.25, -0.2) is 4.98 Å². The maximum atomic E-state index is 12.0. The Morgan fingerprint density at radius 1 is 1.50 bits per heavy atom. The van der Waals surface area contributed by atoms with Crippen molar-refractivity contribution in [2.45, 2.75) is 6.10 Å². The Bertz CT molecular complexity index is 618. The maximum absolute atomic E-state index is 12.0. The Hall–Kier alpha value is -1.69. The van der Waals surface area contributed by atoms with Crippen molar-refractivity contribution < 1.29 is 14.6 Å². The van der Waals surface area contributed by atoms with Crippen molar-refractivity contribution in [3.8, 4) is 0 Å². The predicted octanol–water partition coefficient (Wildman–Crippen LogP) is 1.63. The third-order valence-electron chi connectivity index (χ3n) is 2.78. The highest BCUT2D eigenvalue weighted by atomic mass is 35.5. The topological polar surface area (TPSA) is 71.5 Å². The molecular weight excluding hydrogens is 280 g/mol. The number of nitrogens with one attached hydrogen (secondary N) is 1. The number of carbonyl (C=O) groups excluding carboxylic acids is 1. The fraction of sp³-hybridized carbons (Fsp3) is 0.286. The van der Waals surface area contributed by atoms with Crippen LogP contribution in [-0.2, 0) is 4.74 Å². The molecule has 1 aromatic carbocycles. The maximum Gasteiger partial charge on any atom is 0.270 e. The van der Waals surface area contributed by atoms with Crippen LogP contribution in [-0.4, -0.2) is 42.4 Å². The molecule has 1 aromatic heterocycles. The summed E-state index contributed by atoms with van der Waals surface area (Å²) in [6.45, 7) is 0.255. The lowest BCUT2D eigenvalue weighted by Gasteiger charge is -2.11. The standard InChI is InChI=1S/C14H15ClN2O3/c1-20-8-10(18)7-16-14(19)12-6-9-4-2-3-5-11(9)13(15)17-12/h2-6,10,18H,7-8H2,1H3,(H,16,19). The number of rotatable bonds is 5. The molecule has 0 aliphatic heterocycles. The lowest BCUT2D eigenvalue weighted by atomic mass is 10.1. The van der Waals surface area contributed by atoms with E-state index in [1.54, 1.807) is 6.07 Å². The number of aliphatic hydroxyl groups is 1. The number of aromatic nitrogens is 1. The molecule has 0 fully saturated rings. The molecular formula is C14H15ClN2O3. The molecule has 2 N–H and O–H groups in total. The minimum absolute atomic E-state index is 0.0960. The van der Waals surface area contributed by atoms with Gasteiger partial charge in [0, 0.05) is 19.0 Å². The van der Waals surface area contributed by atoms with Crippen molar-refractivity contribution in [3.05, 3.63) is 41.2 Å². The molecule has 1 unspecified atom stereocenters. The van der Waals surface area contributed by atoms with E-state index in [0.717, 1.165) is 10.8 Å². The lowest BCUT2D eigenvalue weighted by Crippen LogP contribution is -2.34. The highest BCUT2D eigenvalue weighted by Gasteiger charge is 2.12. The number of hydrogen-bond donors (Lipinski definition) is 2. The normalized spacial score (nSPS) is 12.3. The van der Waals surface area contributed by atoms with Crippen LogP contribution in [0.5, 0.6) is 0 Å². The zero-order chi connectivity index (χ0) is 14.5. The smallest absolute Gasteiger partial charge is 0.270 e. The molecule has 2 aromatic rings. The summed E-state index contributed by atoms with van der Waals surface area (Å²) in [7, 11) is 1.48. The number of nitrogens with zero attached hydrogens (tertiary/aromatic N) is 1. The number of carbonyl (C=O) groups is 1. The van der Waals surface area contributed by atoms with Crippen molar-refractivity contribution in [1.82, 2.24) is 10.3 Å². The summed E-state index contributed by atoms with van der Waals surface area (Å²) in [5, 5.41) is 14.0. The van der Waals surface area contributed by atoms with Crippen LogP contribution in [0.25, 0.3) is 10.8 Å². The first-order valence-corrected chi connectivity index (χ1v) is 6.50. The number of methoxy groups -OCH3 is 1. The molecule has 0 saturated heterocycles. The minimum Gasteiger partial charge on any atom is -0.389 e. The van der Waals surface area contributed by atoms with E-state index in [9.17, 15) is 9.90 Å². The lowest BCUT2D eigenvalue weighted by molar-refractivity contribution is 0.0608. The van der Waals surface area contributed by atoms with Gasteiger partial charge in [-0.2, -0.15) is 0 Å². The summed E-state index contributed by atoms with van der Waals surface area (Å²) in [6, 6.07) is 9.09. The SMILES string of the molecule is COCC(O)CNC(=O)c1cc2ccccc2c(Cl)n1. The van der Waals surface area contributed by atoms with E-state index in [1.807, 2.05) is 24.3 Å². The highest BCUT2D eigenvalue weighted by molar-refractivity contribution is 6.34. The Morgan fingerprint density at radius 2 is 2.25 bits per heavy atom. The van der Waals surface area contributed by atoms with E-state index < -0.39 is 6.10 Å². The van der Waals surface area contributed by atoms with Crippen LogP contribution in [0.2, 0.25) is 5.15 Å². The van der Waals surface area contributed by atoms with Gasteiger partial charge in [-0.1, -0.05) is 35.9 Å². The Morgan fingerprint density at radius 3 is 3.00 bits per heavy atom. The summed E-state index contributed by atoms with van der Waals surface area (Å²) >= 11 is 6.06. The molecule has 1 atom stereocenters. The number of pyridine rings is 1. The van der Waals surface area contributed by atoms with Gasteiger partial charge in [0.1, 0.15) is 10.8 Å². The third-order valence-corrected chi connectivity index (χ3v) is 3.07. The van der Waals surface area contributed by atoms with Gasteiger partial charge in [-0.3, -0.25) is 4.79 Å². The van der Waals surface area contributed by atoms with Gasteiger partial charge in [0.15, 0.2) is 0 Å². The van der Waals surface area contributed by atoms with Crippen LogP contribution in [0.4, 0.5) is 0 Å². The van der Waals surface area contributed by atoms with Gasteiger partial charge in [0.05, 0.1) is 12.7 Å². The highest BCUT2D eigenvalue weighted by Crippen LogP contribution is 2.22. The Labute approximate surface area is 121 Å². The molecule has 0 spiro atoms. The summed E-state index contributed by atoms with van der Waals surface area (Å²) in [5.41, 5.74) is 0.221.